The van der Waals surface area contributed by atoms with Gasteiger partial charge in [0, 0.05) is 18.8 Å². The summed E-state index contributed by atoms with van der Waals surface area (Å²) in [5.41, 5.74) is 6.95. The number of benzene rings is 1. The molecule has 19 heavy (non-hydrogen) atoms. The third-order valence-corrected chi connectivity index (χ3v) is 4.32. The van der Waals surface area contributed by atoms with E-state index in [0.717, 1.165) is 19.6 Å². The molecule has 1 amide bonds. The van der Waals surface area contributed by atoms with Gasteiger partial charge in [-0.3, -0.25) is 4.79 Å². The maximum atomic E-state index is 12.0. The molecule has 3 N–H and O–H groups in total. The quantitative estimate of drug-likeness (QED) is 0.835. The fraction of sp³-hybridized carbons (Fsp3) is 0.500. The van der Waals surface area contributed by atoms with Crippen LogP contribution in [0.4, 0.5) is 5.69 Å². The lowest BCUT2D eigenvalue weighted by molar-refractivity contribution is 0.0946. The summed E-state index contributed by atoms with van der Waals surface area (Å²) >= 11 is 3.35. The minimum atomic E-state index is -0.0730. The number of piperidine rings is 1. The first-order valence-electron chi connectivity index (χ1n) is 6.73. The number of carbonyl (C=O) groups excluding carboxylic acids is 1. The van der Waals surface area contributed by atoms with E-state index in [1.54, 1.807) is 18.2 Å². The molecule has 0 aliphatic carbocycles. The van der Waals surface area contributed by atoms with Gasteiger partial charge in [-0.05, 0) is 54.0 Å². The summed E-state index contributed by atoms with van der Waals surface area (Å²) in [7, 11) is 0. The number of anilines is 1. The summed E-state index contributed by atoms with van der Waals surface area (Å²) in [6.07, 6.45) is 3.88. The maximum absolute atomic E-state index is 12.0. The number of nitrogen functional groups attached to an aromatic ring is 1. The zero-order valence-corrected chi connectivity index (χ0v) is 12.6. The van der Waals surface area contributed by atoms with E-state index in [2.05, 4.69) is 26.1 Å². The Morgan fingerprint density at radius 1 is 1.32 bits per heavy atom. The molecule has 0 unspecified atom stereocenters. The Morgan fingerprint density at radius 3 is 2.79 bits per heavy atom. The van der Waals surface area contributed by atoms with Crippen LogP contribution in [-0.2, 0) is 0 Å². The van der Waals surface area contributed by atoms with Crippen LogP contribution in [0.1, 0.15) is 29.6 Å². The van der Waals surface area contributed by atoms with Gasteiger partial charge in [0.25, 0.3) is 5.91 Å². The monoisotopic (exact) mass is 325 g/mol. The van der Waals surface area contributed by atoms with E-state index in [-0.39, 0.29) is 5.91 Å². The predicted molar refractivity (Wildman–Crippen MR) is 81.2 cm³/mol. The normalized spacial score (nSPS) is 16.3. The second-order valence-electron chi connectivity index (χ2n) is 4.87. The fourth-order valence-corrected chi connectivity index (χ4v) is 2.78. The van der Waals surface area contributed by atoms with E-state index in [9.17, 15) is 4.79 Å². The highest BCUT2D eigenvalue weighted by Crippen LogP contribution is 2.23. The highest BCUT2D eigenvalue weighted by Gasteiger charge is 2.13. The van der Waals surface area contributed by atoms with E-state index >= 15 is 0 Å². The molecule has 1 aromatic rings. The van der Waals surface area contributed by atoms with E-state index in [1.807, 2.05) is 0 Å². The SMILES string of the molecule is Nc1cccc(C(=O)NCCN2CCCCC2)c1Br. The zero-order valence-electron chi connectivity index (χ0n) is 11.0. The number of nitrogens with one attached hydrogen (secondary N) is 1. The number of likely N-dealkylation sites (tertiary alicyclic amines) is 1. The van der Waals surface area contributed by atoms with Crippen LogP contribution in [0.15, 0.2) is 22.7 Å². The minimum Gasteiger partial charge on any atom is -0.398 e. The number of nitrogens with zero attached hydrogens (tertiary/aromatic N) is 1. The van der Waals surface area contributed by atoms with Gasteiger partial charge in [-0.15, -0.1) is 0 Å². The van der Waals surface area contributed by atoms with Crippen LogP contribution in [0.5, 0.6) is 0 Å². The molecule has 1 saturated heterocycles. The zero-order chi connectivity index (χ0) is 13.7. The Hall–Kier alpha value is -1.07. The average molecular weight is 326 g/mol. The maximum Gasteiger partial charge on any atom is 0.252 e. The second-order valence-corrected chi connectivity index (χ2v) is 5.66. The lowest BCUT2D eigenvalue weighted by atomic mass is 10.1. The van der Waals surface area contributed by atoms with Crippen LogP contribution < -0.4 is 11.1 Å². The largest absolute Gasteiger partial charge is 0.398 e. The van der Waals surface area contributed by atoms with Crippen LogP contribution in [0, 0.1) is 0 Å². The Balaban J connectivity index is 1.82. The summed E-state index contributed by atoms with van der Waals surface area (Å²) in [6.45, 7) is 3.90. The number of rotatable bonds is 4. The van der Waals surface area contributed by atoms with E-state index in [1.165, 1.54) is 19.3 Å². The summed E-state index contributed by atoms with van der Waals surface area (Å²) in [5, 5.41) is 2.95. The minimum absolute atomic E-state index is 0.0730. The van der Waals surface area contributed by atoms with E-state index in [4.69, 9.17) is 5.73 Å². The molecule has 0 bridgehead atoms. The fourth-order valence-electron chi connectivity index (χ4n) is 2.33. The predicted octanol–water partition coefficient (Wildman–Crippen LogP) is 2.25. The van der Waals surface area contributed by atoms with Gasteiger partial charge in [-0.2, -0.15) is 0 Å². The number of hydrogen-bond donors (Lipinski definition) is 2. The van der Waals surface area contributed by atoms with Crippen LogP contribution in [0.3, 0.4) is 0 Å². The highest BCUT2D eigenvalue weighted by atomic mass is 79.9. The highest BCUT2D eigenvalue weighted by molar-refractivity contribution is 9.10. The molecule has 5 heteroatoms. The van der Waals surface area contributed by atoms with Gasteiger partial charge in [-0.25, -0.2) is 0 Å². The molecule has 1 fully saturated rings. The summed E-state index contributed by atoms with van der Waals surface area (Å²) in [4.78, 5) is 14.4. The molecule has 0 radical (unpaired) electrons. The third-order valence-electron chi connectivity index (χ3n) is 3.44. The van der Waals surface area contributed by atoms with Crippen molar-refractivity contribution in [3.05, 3.63) is 28.2 Å². The Kier molecular flexibility index (Phi) is 5.22. The molecule has 1 aromatic carbocycles. The van der Waals surface area contributed by atoms with Crippen molar-refractivity contribution in [1.82, 2.24) is 10.2 Å². The van der Waals surface area contributed by atoms with Crippen molar-refractivity contribution in [3.63, 3.8) is 0 Å². The van der Waals surface area contributed by atoms with Crippen molar-refractivity contribution in [2.45, 2.75) is 19.3 Å². The first-order chi connectivity index (χ1) is 9.18. The number of hydrogen-bond acceptors (Lipinski definition) is 3. The van der Waals surface area contributed by atoms with Crippen LogP contribution in [-0.4, -0.2) is 37.0 Å². The van der Waals surface area contributed by atoms with Gasteiger partial charge < -0.3 is 16.0 Å². The molecule has 4 nitrogen and oxygen atoms in total. The molecule has 0 saturated carbocycles. The summed E-state index contributed by atoms with van der Waals surface area (Å²) in [6, 6.07) is 5.34. The van der Waals surface area contributed by atoms with Gasteiger partial charge in [0.15, 0.2) is 0 Å². The van der Waals surface area contributed by atoms with Crippen LogP contribution in [0.25, 0.3) is 0 Å². The summed E-state index contributed by atoms with van der Waals surface area (Å²) < 4.78 is 0.672. The first-order valence-corrected chi connectivity index (χ1v) is 7.52. The van der Waals surface area contributed by atoms with Crippen molar-refractivity contribution in [2.75, 3.05) is 31.9 Å². The van der Waals surface area contributed by atoms with Gasteiger partial charge in [0.2, 0.25) is 0 Å². The number of amides is 1. The Labute approximate surface area is 122 Å². The van der Waals surface area contributed by atoms with E-state index in [0.29, 0.717) is 22.3 Å². The second kappa shape index (κ2) is 6.91. The van der Waals surface area contributed by atoms with Crippen molar-refractivity contribution >= 4 is 27.5 Å². The topological polar surface area (TPSA) is 58.4 Å². The number of nitrogens with two attached hydrogens (primary N) is 1. The summed E-state index contributed by atoms with van der Waals surface area (Å²) in [5.74, 6) is -0.0730. The molecule has 1 aliphatic rings. The lowest BCUT2D eigenvalue weighted by Crippen LogP contribution is -2.37. The molecule has 0 spiro atoms. The van der Waals surface area contributed by atoms with E-state index < -0.39 is 0 Å². The molecule has 104 valence electrons. The number of carbonyl (C=O) groups is 1. The molecule has 0 atom stereocenters. The standard InChI is InChI=1S/C14H20BrN3O/c15-13-11(5-4-6-12(13)16)14(19)17-7-10-18-8-2-1-3-9-18/h4-6H,1-3,7-10,16H2,(H,17,19). The lowest BCUT2D eigenvalue weighted by Gasteiger charge is -2.26. The van der Waals surface area contributed by atoms with Gasteiger partial charge in [-0.1, -0.05) is 12.5 Å². The molecule has 0 aromatic heterocycles. The molecule has 1 heterocycles. The van der Waals surface area contributed by atoms with Crippen molar-refractivity contribution in [1.29, 1.82) is 0 Å². The number of halogens is 1. The third kappa shape index (κ3) is 3.94. The van der Waals surface area contributed by atoms with Crippen LogP contribution >= 0.6 is 15.9 Å². The molecule has 1 aliphatic heterocycles. The average Bonchev–Trinajstić information content (AvgIpc) is 2.43. The van der Waals surface area contributed by atoms with Gasteiger partial charge in [0.1, 0.15) is 0 Å². The molecule has 2 rings (SSSR count). The van der Waals surface area contributed by atoms with Crippen molar-refractivity contribution in [3.8, 4) is 0 Å². The van der Waals surface area contributed by atoms with Gasteiger partial charge >= 0.3 is 0 Å². The Bertz CT molecular complexity index is 444. The molecular formula is C14H20BrN3O. The van der Waals surface area contributed by atoms with Gasteiger partial charge in [0.05, 0.1) is 10.0 Å². The first kappa shape index (κ1) is 14.3. The molecular weight excluding hydrogens is 306 g/mol. The van der Waals surface area contributed by atoms with Crippen molar-refractivity contribution < 1.29 is 4.79 Å². The van der Waals surface area contributed by atoms with Crippen LogP contribution in [0.2, 0.25) is 0 Å². The smallest absolute Gasteiger partial charge is 0.252 e. The Morgan fingerprint density at radius 2 is 2.05 bits per heavy atom. The van der Waals surface area contributed by atoms with Crippen molar-refractivity contribution in [2.24, 2.45) is 0 Å².